The van der Waals surface area contributed by atoms with Crippen molar-refractivity contribution < 1.29 is 4.39 Å². The van der Waals surface area contributed by atoms with Crippen LogP contribution in [-0.4, -0.2) is 22.5 Å². The topological polar surface area (TPSA) is 0 Å². The van der Waals surface area contributed by atoms with E-state index in [4.69, 9.17) is 0 Å². The third-order valence-corrected chi connectivity index (χ3v) is 0.488. The maximum atomic E-state index is 10.6. The van der Waals surface area contributed by atoms with Gasteiger partial charge in [0, 0.05) is 0 Å². The van der Waals surface area contributed by atoms with Gasteiger partial charge in [0.25, 0.3) is 0 Å². The van der Waals surface area contributed by atoms with Crippen LogP contribution in [0.25, 0.3) is 0 Å². The van der Waals surface area contributed by atoms with Gasteiger partial charge < -0.3 is 0 Å². The van der Waals surface area contributed by atoms with E-state index in [0.717, 1.165) is 22.5 Å². The normalized spacial score (nSPS) is 9.50. The molecule has 0 rings (SSSR count). The van der Waals surface area contributed by atoms with E-state index in [-0.39, 0.29) is 0 Å². The van der Waals surface area contributed by atoms with Crippen molar-refractivity contribution in [3.63, 3.8) is 0 Å². The molecule has 0 aliphatic rings. The zero-order valence-corrected chi connectivity index (χ0v) is 5.41. The third-order valence-electron chi connectivity index (χ3n) is 0.0727. The SMILES string of the molecule is FC=[CH][SnH]. The molecule has 0 aliphatic heterocycles. The summed E-state index contributed by atoms with van der Waals surface area (Å²) < 4.78 is 12.0. The van der Waals surface area contributed by atoms with Crippen LogP contribution in [0, 0.1) is 0 Å². The van der Waals surface area contributed by atoms with Crippen LogP contribution in [0.4, 0.5) is 4.39 Å². The number of hydrogen-bond donors (Lipinski definition) is 0. The Morgan fingerprint density at radius 3 is 2.00 bits per heavy atom. The molecule has 4 heavy (non-hydrogen) atoms. The van der Waals surface area contributed by atoms with E-state index in [1.807, 2.05) is 0 Å². The molecule has 0 bridgehead atoms. The predicted molar refractivity (Wildman–Crippen MR) is 17.4 cm³/mol. The second-order valence-electron chi connectivity index (χ2n) is 0.318. The molecule has 0 aliphatic carbocycles. The van der Waals surface area contributed by atoms with E-state index in [9.17, 15) is 4.39 Å². The van der Waals surface area contributed by atoms with Crippen molar-refractivity contribution in [2.24, 2.45) is 0 Å². The molecule has 0 unspecified atom stereocenters. The monoisotopic (exact) mass is 166 g/mol. The first-order valence-electron chi connectivity index (χ1n) is 0.885. The van der Waals surface area contributed by atoms with E-state index >= 15 is 0 Å². The van der Waals surface area contributed by atoms with Crippen molar-refractivity contribution >= 4 is 22.5 Å². The molecule has 0 N–H and O–H groups in total. The molecule has 0 aromatic rings. The Kier molecular flexibility index (Phi) is 3.88. The Bertz CT molecular complexity index is 21.2. The van der Waals surface area contributed by atoms with Crippen molar-refractivity contribution in [1.29, 1.82) is 0 Å². The van der Waals surface area contributed by atoms with E-state index in [1.165, 1.54) is 4.09 Å². The van der Waals surface area contributed by atoms with Gasteiger partial charge >= 0.3 is 37.3 Å². The van der Waals surface area contributed by atoms with Crippen molar-refractivity contribution in [3.05, 3.63) is 10.4 Å². The summed E-state index contributed by atoms with van der Waals surface area (Å²) in [6, 6.07) is 0. The Balaban J connectivity index is 2.55. The second-order valence-corrected chi connectivity index (χ2v) is 1.42. The minimum absolute atomic E-state index is 0.558. The van der Waals surface area contributed by atoms with Gasteiger partial charge in [0.05, 0.1) is 0 Å². The fourth-order valence-electron chi connectivity index (χ4n) is 0. The predicted octanol–water partition coefficient (Wildman–Crippen LogP) is 0.328. The first-order chi connectivity index (χ1) is 1.91. The summed E-state index contributed by atoms with van der Waals surface area (Å²) in [4.78, 5) is 0. The molecule has 0 spiro atoms. The Morgan fingerprint density at radius 1 is 1.75 bits per heavy atom. The summed E-state index contributed by atoms with van der Waals surface area (Å²) in [6.45, 7) is 0. The van der Waals surface area contributed by atoms with Crippen LogP contribution in [0.2, 0.25) is 0 Å². The van der Waals surface area contributed by atoms with Gasteiger partial charge in [-0.15, -0.1) is 0 Å². The van der Waals surface area contributed by atoms with Gasteiger partial charge in [-0.3, -0.25) is 0 Å². The molecule has 0 fully saturated rings. The molecule has 0 nitrogen and oxygen atoms in total. The Morgan fingerprint density at radius 2 is 2.00 bits per heavy atom. The van der Waals surface area contributed by atoms with Crippen LogP contribution in [0.5, 0.6) is 0 Å². The number of halogens is 1. The van der Waals surface area contributed by atoms with Crippen LogP contribution in [0.15, 0.2) is 10.4 Å². The van der Waals surface area contributed by atoms with E-state index in [0.29, 0.717) is 6.33 Å². The molecule has 0 saturated heterocycles. The first-order valence-corrected chi connectivity index (χ1v) is 2.79. The fraction of sp³-hybridized carbons (Fsp3) is 0. The second kappa shape index (κ2) is 3.47. The van der Waals surface area contributed by atoms with Gasteiger partial charge in [0.1, 0.15) is 0 Å². The molecular weight excluding hydrogens is 162 g/mol. The van der Waals surface area contributed by atoms with Crippen molar-refractivity contribution in [3.8, 4) is 0 Å². The molecule has 2 radical (unpaired) electrons. The quantitative estimate of drug-likeness (QED) is 0.453. The molecule has 0 atom stereocenters. The summed E-state index contributed by atoms with van der Waals surface area (Å²) in [7, 11) is 0. The van der Waals surface area contributed by atoms with Gasteiger partial charge in [0.2, 0.25) is 0 Å². The van der Waals surface area contributed by atoms with Crippen molar-refractivity contribution in [2.45, 2.75) is 0 Å². The zero-order valence-electron chi connectivity index (χ0n) is 2.11. The molecule has 0 heterocycles. The third kappa shape index (κ3) is 2.47. The summed E-state index contributed by atoms with van der Waals surface area (Å²) in [5, 5.41) is 0. The van der Waals surface area contributed by atoms with Crippen molar-refractivity contribution in [1.82, 2.24) is 0 Å². The molecule has 0 amide bonds. The van der Waals surface area contributed by atoms with Crippen LogP contribution in [0.3, 0.4) is 0 Å². The van der Waals surface area contributed by atoms with E-state index < -0.39 is 0 Å². The maximum absolute atomic E-state index is 10.6. The van der Waals surface area contributed by atoms with Gasteiger partial charge in [-0.2, -0.15) is 0 Å². The molecule has 22 valence electrons. The molecule has 0 aromatic carbocycles. The Hall–Kier alpha value is 0.469. The Labute approximate surface area is 37.8 Å². The van der Waals surface area contributed by atoms with Gasteiger partial charge in [-0.1, -0.05) is 0 Å². The molecular formula is C2H3FSn. The number of hydrogen-bond acceptors (Lipinski definition) is 0. The van der Waals surface area contributed by atoms with E-state index in [1.54, 1.807) is 0 Å². The summed E-state index contributed by atoms with van der Waals surface area (Å²) in [5.41, 5.74) is 0. The average Bonchev–Trinajstić information content (AvgIpc) is 1.37. The molecule has 0 aromatic heterocycles. The molecule has 2 heteroatoms. The summed E-state index contributed by atoms with van der Waals surface area (Å²) in [6.07, 6.45) is 0.558. The van der Waals surface area contributed by atoms with Gasteiger partial charge in [-0.25, -0.2) is 0 Å². The van der Waals surface area contributed by atoms with Gasteiger partial charge in [-0.05, 0) is 0 Å². The van der Waals surface area contributed by atoms with Crippen LogP contribution in [-0.2, 0) is 0 Å². The first kappa shape index (κ1) is 4.47. The van der Waals surface area contributed by atoms with Crippen molar-refractivity contribution in [2.75, 3.05) is 0 Å². The standard InChI is InChI=1S/C2H2F.Sn.H/c1-2-3;;/h1-2H;;. The zero-order chi connectivity index (χ0) is 3.41. The summed E-state index contributed by atoms with van der Waals surface area (Å²) >= 11 is 0.885. The summed E-state index contributed by atoms with van der Waals surface area (Å²) in [5.74, 6) is 0. The van der Waals surface area contributed by atoms with Crippen LogP contribution < -0.4 is 0 Å². The fourth-order valence-corrected chi connectivity index (χ4v) is 0. The molecule has 0 saturated carbocycles. The average molecular weight is 165 g/mol. The van der Waals surface area contributed by atoms with Crippen LogP contribution in [0.1, 0.15) is 0 Å². The number of rotatable bonds is 0. The minimum atomic E-state index is 0.558. The van der Waals surface area contributed by atoms with E-state index in [2.05, 4.69) is 0 Å². The van der Waals surface area contributed by atoms with Gasteiger partial charge in [0.15, 0.2) is 0 Å². The van der Waals surface area contributed by atoms with Crippen LogP contribution >= 0.6 is 0 Å².